The van der Waals surface area contributed by atoms with E-state index in [1.165, 1.54) is 50.2 Å². The van der Waals surface area contributed by atoms with Crippen LogP contribution in [0.2, 0.25) is 0 Å². The molecule has 2 N–H and O–H groups in total. The van der Waals surface area contributed by atoms with Gasteiger partial charge in [0.2, 0.25) is 0 Å². The molecule has 10 nitrogen and oxygen atoms in total. The molecule has 0 aliphatic rings. The first-order chi connectivity index (χ1) is 17.8. The summed E-state index contributed by atoms with van der Waals surface area (Å²) >= 11 is 0. The van der Waals surface area contributed by atoms with Crippen molar-refractivity contribution in [2.45, 2.75) is 27.7 Å². The van der Waals surface area contributed by atoms with Crippen molar-refractivity contribution in [3.8, 4) is 0 Å². The van der Waals surface area contributed by atoms with Crippen LogP contribution in [0.3, 0.4) is 0 Å². The number of carboxylic acids is 2. The van der Waals surface area contributed by atoms with Crippen molar-refractivity contribution in [2.24, 2.45) is 0 Å². The number of hydrogen-bond donors (Lipinski definition) is 2. The molecular formula is C28H22O10. The number of rotatable bonds is 6. The lowest BCUT2D eigenvalue weighted by Gasteiger charge is -2.12. The molecule has 10 heteroatoms. The number of esters is 4. The summed E-state index contributed by atoms with van der Waals surface area (Å²) in [5.41, 5.74) is -0.401. The molecule has 3 aromatic carbocycles. The van der Waals surface area contributed by atoms with E-state index < -0.39 is 46.9 Å². The van der Waals surface area contributed by atoms with Gasteiger partial charge in [0.1, 0.15) is 0 Å². The summed E-state index contributed by atoms with van der Waals surface area (Å²) < 4.78 is 9.71. The minimum Gasteiger partial charge on any atom is -0.478 e. The Morgan fingerprint density at radius 3 is 1.13 bits per heavy atom. The normalized spacial score (nSPS) is 10.4. The molecule has 38 heavy (non-hydrogen) atoms. The summed E-state index contributed by atoms with van der Waals surface area (Å²) in [6, 6.07) is 10.4. The first kappa shape index (κ1) is 27.5. The predicted molar refractivity (Wildman–Crippen MR) is 132 cm³/mol. The topological polar surface area (TPSA) is 161 Å². The number of aryl methyl sites for hydroxylation is 2. The molecule has 194 valence electrons. The lowest BCUT2D eigenvalue weighted by Crippen LogP contribution is -2.21. The highest BCUT2D eigenvalue weighted by Gasteiger charge is 2.28. The summed E-state index contributed by atoms with van der Waals surface area (Å²) in [6.45, 7) is 6.32. The van der Waals surface area contributed by atoms with Crippen molar-refractivity contribution in [1.29, 1.82) is 0 Å². The minimum absolute atomic E-state index is 0.314. The fraction of sp³-hybridized carbons (Fsp3) is 0.143. The Hall–Kier alpha value is -5.12. The number of carbonyl (C=O) groups is 6. The fourth-order valence-electron chi connectivity index (χ4n) is 3.75. The zero-order valence-corrected chi connectivity index (χ0v) is 20.8. The quantitative estimate of drug-likeness (QED) is 0.355. The maximum atomic E-state index is 12.8. The minimum atomic E-state index is -1.39. The molecular weight excluding hydrogens is 496 g/mol. The van der Waals surface area contributed by atoms with Gasteiger partial charge in [-0.1, -0.05) is 24.3 Å². The van der Waals surface area contributed by atoms with Crippen LogP contribution in [0.5, 0.6) is 0 Å². The predicted octanol–water partition coefficient (Wildman–Crippen LogP) is 4.31. The molecule has 0 spiro atoms. The Morgan fingerprint density at radius 1 is 0.500 bits per heavy atom. The van der Waals surface area contributed by atoms with Gasteiger partial charge < -0.3 is 19.7 Å². The van der Waals surface area contributed by atoms with Gasteiger partial charge in [0, 0.05) is 0 Å². The molecule has 0 fully saturated rings. The van der Waals surface area contributed by atoms with Gasteiger partial charge in [0.25, 0.3) is 0 Å². The molecule has 0 radical (unpaired) electrons. The molecule has 3 rings (SSSR count). The van der Waals surface area contributed by atoms with Gasteiger partial charge in [0.05, 0.1) is 33.4 Å². The lowest BCUT2D eigenvalue weighted by molar-refractivity contribution is 0.0354. The standard InChI is InChI=1S/C28H22O10/c1-13-9-11-19(21(15(13)3)23(29)30)27(35)37-25(33)17-7-5-6-8-18(17)26(34)38-28(36)20-12-10-14(2)16(4)22(20)24(31)32/h5-12H,1-4H3,(H,29,30)(H,31,32). The SMILES string of the molecule is Cc1ccc(C(=O)OC(=O)c2ccccc2C(=O)OC(=O)c2ccc(C)c(C)c2C(=O)O)c(C(=O)O)c1C. The first-order valence-electron chi connectivity index (χ1n) is 11.1. The number of hydrogen-bond acceptors (Lipinski definition) is 8. The van der Waals surface area contributed by atoms with Crippen LogP contribution in [0.25, 0.3) is 0 Å². The van der Waals surface area contributed by atoms with Crippen LogP contribution in [-0.2, 0) is 9.47 Å². The number of benzene rings is 3. The molecule has 0 atom stereocenters. The van der Waals surface area contributed by atoms with Crippen LogP contribution < -0.4 is 0 Å². The van der Waals surface area contributed by atoms with Crippen LogP contribution in [0, 0.1) is 27.7 Å². The van der Waals surface area contributed by atoms with Gasteiger partial charge in [-0.25, -0.2) is 28.8 Å². The zero-order valence-electron chi connectivity index (χ0n) is 20.8. The number of carbonyl (C=O) groups excluding carboxylic acids is 4. The van der Waals surface area contributed by atoms with Crippen molar-refractivity contribution in [1.82, 2.24) is 0 Å². The Labute approximate surface area is 216 Å². The fourth-order valence-corrected chi connectivity index (χ4v) is 3.75. The van der Waals surface area contributed by atoms with E-state index in [-0.39, 0.29) is 22.3 Å². The van der Waals surface area contributed by atoms with Crippen LogP contribution in [0.1, 0.15) is 84.4 Å². The molecule has 0 amide bonds. The van der Waals surface area contributed by atoms with Gasteiger partial charge in [-0.3, -0.25) is 0 Å². The molecule has 0 heterocycles. The average molecular weight is 518 g/mol. The molecule has 0 aliphatic heterocycles. The second-order valence-corrected chi connectivity index (χ2v) is 8.37. The average Bonchev–Trinajstić information content (AvgIpc) is 2.86. The Kier molecular flexibility index (Phi) is 7.86. The van der Waals surface area contributed by atoms with Crippen LogP contribution in [-0.4, -0.2) is 46.0 Å². The molecule has 0 aliphatic carbocycles. The Bertz CT molecular complexity index is 1420. The van der Waals surface area contributed by atoms with Crippen LogP contribution >= 0.6 is 0 Å². The van der Waals surface area contributed by atoms with Gasteiger partial charge in [0.15, 0.2) is 0 Å². The number of aromatic carboxylic acids is 2. The van der Waals surface area contributed by atoms with E-state index in [9.17, 15) is 39.0 Å². The van der Waals surface area contributed by atoms with Gasteiger partial charge in [-0.05, 0) is 74.2 Å². The van der Waals surface area contributed by atoms with Gasteiger partial charge in [-0.15, -0.1) is 0 Å². The Morgan fingerprint density at radius 2 is 0.816 bits per heavy atom. The largest absolute Gasteiger partial charge is 0.478 e. The Balaban J connectivity index is 1.89. The maximum absolute atomic E-state index is 12.8. The third-order valence-corrected chi connectivity index (χ3v) is 6.08. The maximum Gasteiger partial charge on any atom is 0.346 e. The van der Waals surface area contributed by atoms with Crippen molar-refractivity contribution in [2.75, 3.05) is 0 Å². The van der Waals surface area contributed by atoms with E-state index in [4.69, 9.17) is 9.47 Å². The summed E-state index contributed by atoms with van der Waals surface area (Å²) in [6.07, 6.45) is 0. The van der Waals surface area contributed by atoms with Crippen molar-refractivity contribution in [3.63, 3.8) is 0 Å². The van der Waals surface area contributed by atoms with E-state index in [2.05, 4.69) is 0 Å². The van der Waals surface area contributed by atoms with E-state index in [1.54, 1.807) is 13.8 Å². The molecule has 0 aromatic heterocycles. The third kappa shape index (κ3) is 5.34. The highest BCUT2D eigenvalue weighted by Crippen LogP contribution is 2.22. The van der Waals surface area contributed by atoms with Gasteiger partial charge >= 0.3 is 35.8 Å². The van der Waals surface area contributed by atoms with E-state index >= 15 is 0 Å². The first-order valence-corrected chi connectivity index (χ1v) is 11.1. The molecule has 0 saturated carbocycles. The third-order valence-electron chi connectivity index (χ3n) is 6.08. The molecule has 3 aromatic rings. The van der Waals surface area contributed by atoms with Crippen molar-refractivity contribution < 1.29 is 48.5 Å². The molecule has 0 saturated heterocycles. The summed E-state index contributed by atoms with van der Waals surface area (Å²) in [7, 11) is 0. The highest BCUT2D eigenvalue weighted by molar-refractivity contribution is 6.13. The summed E-state index contributed by atoms with van der Waals surface area (Å²) in [5, 5.41) is 19.1. The molecule has 0 bridgehead atoms. The van der Waals surface area contributed by atoms with E-state index in [1.807, 2.05) is 0 Å². The van der Waals surface area contributed by atoms with Crippen molar-refractivity contribution in [3.05, 3.63) is 104 Å². The second-order valence-electron chi connectivity index (χ2n) is 8.37. The number of ether oxygens (including phenoxy) is 2. The van der Waals surface area contributed by atoms with Crippen molar-refractivity contribution >= 4 is 35.8 Å². The lowest BCUT2D eigenvalue weighted by atomic mass is 9.97. The number of carboxylic acid groups (broad SMARTS) is 2. The van der Waals surface area contributed by atoms with E-state index in [0.717, 1.165) is 12.1 Å². The van der Waals surface area contributed by atoms with Crippen LogP contribution in [0.4, 0.5) is 0 Å². The van der Waals surface area contributed by atoms with Crippen LogP contribution in [0.15, 0.2) is 48.5 Å². The van der Waals surface area contributed by atoms with Gasteiger partial charge in [-0.2, -0.15) is 0 Å². The monoisotopic (exact) mass is 518 g/mol. The molecule has 0 unspecified atom stereocenters. The smallest absolute Gasteiger partial charge is 0.346 e. The summed E-state index contributed by atoms with van der Waals surface area (Å²) in [4.78, 5) is 74.4. The zero-order chi connectivity index (χ0) is 28.3. The summed E-state index contributed by atoms with van der Waals surface area (Å²) in [5.74, 6) is -7.86. The highest BCUT2D eigenvalue weighted by atomic mass is 16.6. The van der Waals surface area contributed by atoms with E-state index in [0.29, 0.717) is 22.3 Å². The second kappa shape index (κ2) is 10.9.